The molecule has 0 spiro atoms. The van der Waals surface area contributed by atoms with E-state index in [0.29, 0.717) is 0 Å². The van der Waals surface area contributed by atoms with Crippen LogP contribution in [0.4, 0.5) is 0 Å². The molecule has 0 aromatic carbocycles. The summed E-state index contributed by atoms with van der Waals surface area (Å²) >= 11 is 0. The Bertz CT molecular complexity index is 454. The van der Waals surface area contributed by atoms with Gasteiger partial charge in [0.1, 0.15) is 0 Å². The molecule has 0 aliphatic carbocycles. The minimum Gasteiger partial charge on any atom is -0.348 e. The molecule has 4 nitrogen and oxygen atoms in total. The highest BCUT2D eigenvalue weighted by molar-refractivity contribution is 5.88. The van der Waals surface area contributed by atoms with Gasteiger partial charge in [-0.05, 0) is 64.5 Å². The number of rotatable bonds is 2. The number of carbonyl (C=O) groups excluding carboxylic acids is 2. The molecule has 0 bridgehead atoms. The van der Waals surface area contributed by atoms with Crippen molar-refractivity contribution in [1.29, 1.82) is 0 Å². The van der Waals surface area contributed by atoms with E-state index in [1.54, 1.807) is 12.2 Å². The smallest absolute Gasteiger partial charge is 0.244 e. The molecule has 0 saturated carbocycles. The van der Waals surface area contributed by atoms with E-state index in [4.69, 9.17) is 0 Å². The Kier molecular flexibility index (Phi) is 10.2. The fourth-order valence-corrected chi connectivity index (χ4v) is 1.47. The van der Waals surface area contributed by atoms with E-state index in [9.17, 15) is 9.59 Å². The highest BCUT2D eigenvalue weighted by Crippen LogP contribution is 2.14. The molecule has 2 N–H and O–H groups in total. The molecule has 26 heavy (non-hydrogen) atoms. The van der Waals surface area contributed by atoms with Crippen LogP contribution in [0, 0.1) is 10.8 Å². The summed E-state index contributed by atoms with van der Waals surface area (Å²) in [4.78, 5) is 22.6. The van der Waals surface area contributed by atoms with Crippen molar-refractivity contribution in [3.63, 3.8) is 0 Å². The lowest BCUT2D eigenvalue weighted by atomic mass is 9.96. The van der Waals surface area contributed by atoms with Gasteiger partial charge in [0, 0.05) is 11.1 Å². The highest BCUT2D eigenvalue weighted by atomic mass is 16.2. The van der Waals surface area contributed by atoms with Gasteiger partial charge in [0.2, 0.25) is 11.8 Å². The van der Waals surface area contributed by atoms with Crippen molar-refractivity contribution in [2.24, 2.45) is 10.8 Å². The van der Waals surface area contributed by atoms with Crippen molar-refractivity contribution in [1.82, 2.24) is 10.6 Å². The molecule has 0 aliphatic heterocycles. The predicted molar refractivity (Wildman–Crippen MR) is 113 cm³/mol. The van der Waals surface area contributed by atoms with Crippen LogP contribution in [0.5, 0.6) is 0 Å². The van der Waals surface area contributed by atoms with Crippen molar-refractivity contribution in [2.75, 3.05) is 0 Å². The van der Waals surface area contributed by atoms with E-state index in [0.717, 1.165) is 0 Å². The number of amides is 2. The SMILES string of the molecule is CC(C)(C)/C=C/C(=O)NC(C)(C)C.CC(C)(C)/C=C\C(=O)NC(C)(C)C. The summed E-state index contributed by atoms with van der Waals surface area (Å²) < 4.78 is 0. The van der Waals surface area contributed by atoms with E-state index in [-0.39, 0.29) is 33.7 Å². The third-order valence-corrected chi connectivity index (χ3v) is 2.47. The van der Waals surface area contributed by atoms with E-state index >= 15 is 0 Å². The van der Waals surface area contributed by atoms with Gasteiger partial charge in [-0.1, -0.05) is 53.7 Å². The molecule has 0 aromatic heterocycles. The summed E-state index contributed by atoms with van der Waals surface area (Å²) in [6.45, 7) is 24.2. The maximum Gasteiger partial charge on any atom is 0.244 e. The number of allylic oxidation sites excluding steroid dienone is 2. The third kappa shape index (κ3) is 24.7. The Labute approximate surface area is 161 Å². The molecule has 0 heterocycles. The summed E-state index contributed by atoms with van der Waals surface area (Å²) in [5, 5.41) is 5.73. The molecule has 0 aromatic rings. The first-order valence-corrected chi connectivity index (χ1v) is 9.23. The Balaban J connectivity index is 0. The maximum absolute atomic E-state index is 11.3. The van der Waals surface area contributed by atoms with Gasteiger partial charge in [-0.25, -0.2) is 0 Å². The van der Waals surface area contributed by atoms with Crippen molar-refractivity contribution >= 4 is 11.8 Å². The van der Waals surface area contributed by atoms with Gasteiger partial charge in [-0.15, -0.1) is 0 Å². The van der Waals surface area contributed by atoms with Crippen LogP contribution in [-0.4, -0.2) is 22.9 Å². The number of hydrogen-bond donors (Lipinski definition) is 2. The van der Waals surface area contributed by atoms with Crippen LogP contribution in [0.2, 0.25) is 0 Å². The second kappa shape index (κ2) is 9.94. The van der Waals surface area contributed by atoms with Gasteiger partial charge >= 0.3 is 0 Å². The van der Waals surface area contributed by atoms with Crippen molar-refractivity contribution in [3.8, 4) is 0 Å². The summed E-state index contributed by atoms with van der Waals surface area (Å²) in [7, 11) is 0. The average Bonchev–Trinajstić information content (AvgIpc) is 2.29. The molecule has 0 rings (SSSR count). The van der Waals surface area contributed by atoms with E-state index in [2.05, 4.69) is 52.2 Å². The highest BCUT2D eigenvalue weighted by Gasteiger charge is 2.13. The largest absolute Gasteiger partial charge is 0.348 e. The summed E-state index contributed by atoms with van der Waals surface area (Å²) in [5.41, 5.74) is -0.178. The first-order valence-electron chi connectivity index (χ1n) is 9.23. The molecule has 0 aliphatic rings. The first-order chi connectivity index (χ1) is 11.2. The van der Waals surface area contributed by atoms with Gasteiger partial charge in [0.25, 0.3) is 0 Å². The molecule has 2 amide bonds. The van der Waals surface area contributed by atoms with Crippen molar-refractivity contribution in [2.45, 2.75) is 94.2 Å². The van der Waals surface area contributed by atoms with Crippen LogP contribution in [-0.2, 0) is 9.59 Å². The molecular formula is C22H42N2O2. The number of nitrogens with one attached hydrogen (secondary N) is 2. The Hall–Kier alpha value is -1.58. The van der Waals surface area contributed by atoms with Gasteiger partial charge in [-0.3, -0.25) is 9.59 Å². The minimum absolute atomic E-state index is 0.0255. The standard InChI is InChI=1S/2C11H21NO/c2*1-10(2,3)8-7-9(13)12-11(4,5)6/h2*7-8H,1-6H3,(H,12,13)/b8-7+;8-7-. The molecule has 152 valence electrons. The van der Waals surface area contributed by atoms with Crippen LogP contribution >= 0.6 is 0 Å². The van der Waals surface area contributed by atoms with Crippen molar-refractivity contribution < 1.29 is 9.59 Å². The van der Waals surface area contributed by atoms with Crippen LogP contribution in [0.3, 0.4) is 0 Å². The Morgan fingerprint density at radius 2 is 0.769 bits per heavy atom. The zero-order valence-corrected chi connectivity index (χ0v) is 19.1. The second-order valence-corrected chi connectivity index (χ2v) is 10.9. The molecule has 0 unspecified atom stereocenters. The fourth-order valence-electron chi connectivity index (χ4n) is 1.47. The summed E-state index contributed by atoms with van der Waals surface area (Å²) in [6.07, 6.45) is 7.03. The lowest BCUT2D eigenvalue weighted by molar-refractivity contribution is -0.118. The predicted octanol–water partition coefficient (Wildman–Crippen LogP) is 5.01. The average molecular weight is 367 g/mol. The molecule has 0 radical (unpaired) electrons. The molecule has 0 atom stereocenters. The minimum atomic E-state index is -0.153. The summed E-state index contributed by atoms with van der Waals surface area (Å²) in [5.74, 6) is -0.0511. The molecule has 0 fully saturated rings. The summed E-state index contributed by atoms with van der Waals surface area (Å²) in [6, 6.07) is 0. The zero-order valence-electron chi connectivity index (χ0n) is 19.1. The fraction of sp³-hybridized carbons (Fsp3) is 0.727. The number of carbonyl (C=O) groups is 2. The van der Waals surface area contributed by atoms with Gasteiger partial charge < -0.3 is 10.6 Å². The van der Waals surface area contributed by atoms with Gasteiger partial charge in [0.15, 0.2) is 0 Å². The lowest BCUT2D eigenvalue weighted by Gasteiger charge is -2.19. The maximum atomic E-state index is 11.3. The van der Waals surface area contributed by atoms with Gasteiger partial charge in [-0.2, -0.15) is 0 Å². The second-order valence-electron chi connectivity index (χ2n) is 10.9. The van der Waals surface area contributed by atoms with E-state index < -0.39 is 0 Å². The quantitative estimate of drug-likeness (QED) is 0.675. The van der Waals surface area contributed by atoms with E-state index in [1.165, 1.54) is 0 Å². The third-order valence-electron chi connectivity index (χ3n) is 2.47. The molecule has 0 saturated heterocycles. The van der Waals surface area contributed by atoms with E-state index in [1.807, 2.05) is 53.7 Å². The van der Waals surface area contributed by atoms with Gasteiger partial charge in [0.05, 0.1) is 0 Å². The molecule has 4 heteroatoms. The van der Waals surface area contributed by atoms with Crippen LogP contribution in [0.25, 0.3) is 0 Å². The Morgan fingerprint density at radius 3 is 0.923 bits per heavy atom. The Morgan fingerprint density at radius 1 is 0.538 bits per heavy atom. The number of hydrogen-bond acceptors (Lipinski definition) is 2. The van der Waals surface area contributed by atoms with Crippen LogP contribution in [0.1, 0.15) is 83.1 Å². The van der Waals surface area contributed by atoms with Crippen molar-refractivity contribution in [3.05, 3.63) is 24.3 Å². The normalized spacial score (nSPS) is 13.4. The lowest BCUT2D eigenvalue weighted by Crippen LogP contribution is -2.39. The topological polar surface area (TPSA) is 58.2 Å². The van der Waals surface area contributed by atoms with Crippen LogP contribution in [0.15, 0.2) is 24.3 Å². The van der Waals surface area contributed by atoms with Crippen LogP contribution < -0.4 is 10.6 Å². The zero-order chi connectivity index (χ0) is 21.4. The monoisotopic (exact) mass is 366 g/mol. The first kappa shape index (κ1) is 26.6. The molecular weight excluding hydrogens is 324 g/mol.